The maximum absolute atomic E-state index is 10.9. The summed E-state index contributed by atoms with van der Waals surface area (Å²) in [5.41, 5.74) is 1.28. The Bertz CT molecular complexity index is 288. The lowest BCUT2D eigenvalue weighted by Crippen LogP contribution is -2.04. The van der Waals surface area contributed by atoms with Gasteiger partial charge in [-0.05, 0) is 43.6 Å². The van der Waals surface area contributed by atoms with E-state index in [0.29, 0.717) is 18.6 Å². The number of carbonyl (C=O) groups excluding carboxylic acids is 2. The monoisotopic (exact) mass is 290 g/mol. The standard InChI is InChI=1S/C7H12OS.C6H10O2S/c1-3-4-7(8)6(2)5-9;1-3-8-6(7)5(2)4-9/h5,9H,3-4H2,1-2H3;4,9H,3H2,1-2H3/b6-5+;5-4+. The molecule has 0 amide bonds. The first-order valence-corrected chi connectivity index (χ1v) is 6.80. The second-order valence-corrected chi connectivity index (χ2v) is 4.03. The van der Waals surface area contributed by atoms with Crippen LogP contribution in [0.2, 0.25) is 0 Å². The average molecular weight is 290 g/mol. The highest BCUT2D eigenvalue weighted by atomic mass is 32.1. The molecule has 0 aromatic rings. The van der Waals surface area contributed by atoms with Gasteiger partial charge in [-0.1, -0.05) is 6.92 Å². The highest BCUT2D eigenvalue weighted by molar-refractivity contribution is 7.83. The fourth-order valence-electron chi connectivity index (χ4n) is 0.794. The molecule has 0 aromatic carbocycles. The molecule has 3 nitrogen and oxygen atoms in total. The number of Topliss-reactive ketones (excluding diaryl/α,β-unsaturated/α-hetero) is 1. The minimum absolute atomic E-state index is 0.201. The maximum atomic E-state index is 10.9. The van der Waals surface area contributed by atoms with Crippen molar-refractivity contribution in [2.45, 2.75) is 40.5 Å². The molecular weight excluding hydrogens is 268 g/mol. The molecule has 0 bridgehead atoms. The van der Waals surface area contributed by atoms with Crippen molar-refractivity contribution in [3.63, 3.8) is 0 Å². The van der Waals surface area contributed by atoms with Gasteiger partial charge in [-0.3, -0.25) is 4.79 Å². The number of carbonyl (C=O) groups is 2. The summed E-state index contributed by atoms with van der Waals surface area (Å²) in [7, 11) is 0. The lowest BCUT2D eigenvalue weighted by atomic mass is 10.1. The van der Waals surface area contributed by atoms with E-state index in [1.54, 1.807) is 26.2 Å². The SMILES string of the molecule is CCCC(=O)/C(C)=C/S.CCOC(=O)/C(C)=C/S. The smallest absolute Gasteiger partial charge is 0.334 e. The highest BCUT2D eigenvalue weighted by Gasteiger charge is 2.01. The number of allylic oxidation sites excluding steroid dienone is 1. The topological polar surface area (TPSA) is 43.4 Å². The maximum Gasteiger partial charge on any atom is 0.334 e. The molecule has 0 saturated heterocycles. The minimum Gasteiger partial charge on any atom is -0.463 e. The molecule has 0 atom stereocenters. The van der Waals surface area contributed by atoms with Crippen LogP contribution < -0.4 is 0 Å². The predicted octanol–water partition coefficient (Wildman–Crippen LogP) is 3.57. The van der Waals surface area contributed by atoms with Gasteiger partial charge in [-0.25, -0.2) is 4.79 Å². The van der Waals surface area contributed by atoms with Gasteiger partial charge < -0.3 is 4.74 Å². The van der Waals surface area contributed by atoms with E-state index in [4.69, 9.17) is 0 Å². The van der Waals surface area contributed by atoms with Gasteiger partial charge in [0, 0.05) is 12.0 Å². The van der Waals surface area contributed by atoms with Gasteiger partial charge in [-0.2, -0.15) is 25.3 Å². The molecular formula is C13H22O3S2. The second-order valence-electron chi connectivity index (χ2n) is 3.52. The van der Waals surface area contributed by atoms with Crippen molar-refractivity contribution in [1.29, 1.82) is 0 Å². The molecule has 0 aliphatic carbocycles. The van der Waals surface area contributed by atoms with Gasteiger partial charge in [0.05, 0.1) is 6.61 Å². The number of ketones is 1. The van der Waals surface area contributed by atoms with Crippen LogP contribution in [0.3, 0.4) is 0 Å². The van der Waals surface area contributed by atoms with Crippen LogP contribution in [-0.4, -0.2) is 18.4 Å². The third kappa shape index (κ3) is 10.5. The van der Waals surface area contributed by atoms with Crippen LogP contribution in [-0.2, 0) is 14.3 Å². The summed E-state index contributed by atoms with van der Waals surface area (Å²) in [4.78, 5) is 21.5. The Kier molecular flexibility index (Phi) is 13.9. The van der Waals surface area contributed by atoms with Crippen LogP contribution in [0.25, 0.3) is 0 Å². The van der Waals surface area contributed by atoms with E-state index < -0.39 is 0 Å². The fourth-order valence-corrected chi connectivity index (χ4v) is 1.04. The third-order valence-electron chi connectivity index (χ3n) is 1.90. The van der Waals surface area contributed by atoms with Crippen LogP contribution in [0, 0.1) is 0 Å². The summed E-state index contributed by atoms with van der Waals surface area (Å²) in [6.45, 7) is 7.61. The second kappa shape index (κ2) is 12.8. The Morgan fingerprint density at radius 3 is 1.89 bits per heavy atom. The molecule has 0 radical (unpaired) electrons. The molecule has 0 fully saturated rings. The van der Waals surface area contributed by atoms with Crippen molar-refractivity contribution in [3.05, 3.63) is 22.0 Å². The number of ether oxygens (including phenoxy) is 1. The Morgan fingerprint density at radius 2 is 1.56 bits per heavy atom. The van der Waals surface area contributed by atoms with Crippen LogP contribution in [0.1, 0.15) is 40.5 Å². The van der Waals surface area contributed by atoms with Gasteiger partial charge in [0.25, 0.3) is 0 Å². The van der Waals surface area contributed by atoms with E-state index in [0.717, 1.165) is 12.0 Å². The quantitative estimate of drug-likeness (QED) is 0.462. The van der Waals surface area contributed by atoms with Gasteiger partial charge in [-0.15, -0.1) is 0 Å². The molecule has 0 N–H and O–H groups in total. The summed E-state index contributed by atoms with van der Waals surface area (Å²) < 4.78 is 4.64. The molecule has 0 aliphatic heterocycles. The number of esters is 1. The molecule has 0 aliphatic rings. The molecule has 18 heavy (non-hydrogen) atoms. The van der Waals surface area contributed by atoms with Crippen LogP contribution >= 0.6 is 25.3 Å². The van der Waals surface area contributed by atoms with E-state index in [2.05, 4.69) is 30.0 Å². The molecule has 0 rings (SSSR count). The summed E-state index contributed by atoms with van der Waals surface area (Å²) >= 11 is 7.65. The van der Waals surface area contributed by atoms with E-state index >= 15 is 0 Å². The molecule has 0 aromatic heterocycles. The van der Waals surface area contributed by atoms with Crippen molar-refractivity contribution in [1.82, 2.24) is 0 Å². The lowest BCUT2D eigenvalue weighted by molar-refractivity contribution is -0.138. The molecule has 0 heterocycles. The number of thiol groups is 2. The van der Waals surface area contributed by atoms with Crippen molar-refractivity contribution in [2.24, 2.45) is 0 Å². The lowest BCUT2D eigenvalue weighted by Gasteiger charge is -1.98. The summed E-state index contributed by atoms with van der Waals surface area (Å²) in [6, 6.07) is 0. The van der Waals surface area contributed by atoms with Gasteiger partial charge in [0.2, 0.25) is 0 Å². The molecule has 0 spiro atoms. The van der Waals surface area contributed by atoms with Crippen molar-refractivity contribution >= 4 is 37.0 Å². The zero-order valence-corrected chi connectivity index (χ0v) is 13.2. The minimum atomic E-state index is -0.299. The molecule has 104 valence electrons. The first kappa shape index (κ1) is 19.7. The zero-order chi connectivity index (χ0) is 14.6. The van der Waals surface area contributed by atoms with E-state index in [9.17, 15) is 9.59 Å². The van der Waals surface area contributed by atoms with E-state index in [-0.39, 0.29) is 11.8 Å². The van der Waals surface area contributed by atoms with Crippen LogP contribution in [0.4, 0.5) is 0 Å². The normalized spacial score (nSPS) is 11.4. The van der Waals surface area contributed by atoms with Crippen molar-refractivity contribution in [2.75, 3.05) is 6.61 Å². The Labute approximate surface area is 120 Å². The highest BCUT2D eigenvalue weighted by Crippen LogP contribution is 2.01. The zero-order valence-electron chi connectivity index (χ0n) is 11.4. The third-order valence-corrected chi connectivity index (χ3v) is 2.68. The van der Waals surface area contributed by atoms with Crippen molar-refractivity contribution in [3.8, 4) is 0 Å². The first-order valence-electron chi connectivity index (χ1n) is 5.76. The Morgan fingerprint density at radius 1 is 1.06 bits per heavy atom. The van der Waals surface area contributed by atoms with Crippen molar-refractivity contribution < 1.29 is 14.3 Å². The van der Waals surface area contributed by atoms with Gasteiger partial charge in [0.15, 0.2) is 5.78 Å². The molecule has 0 saturated carbocycles. The predicted molar refractivity (Wildman–Crippen MR) is 82.0 cm³/mol. The molecule has 5 heteroatoms. The van der Waals surface area contributed by atoms with Crippen LogP contribution in [0.15, 0.2) is 22.0 Å². The number of hydrogen-bond acceptors (Lipinski definition) is 5. The van der Waals surface area contributed by atoms with Gasteiger partial charge >= 0.3 is 5.97 Å². The first-order chi connectivity index (χ1) is 8.44. The van der Waals surface area contributed by atoms with E-state index in [1.165, 1.54) is 5.41 Å². The fraction of sp³-hybridized carbons (Fsp3) is 0.538. The summed E-state index contributed by atoms with van der Waals surface area (Å²) in [5, 5.41) is 2.98. The van der Waals surface area contributed by atoms with E-state index in [1.807, 2.05) is 6.92 Å². The number of hydrogen-bond donors (Lipinski definition) is 2. The van der Waals surface area contributed by atoms with Crippen LogP contribution in [0.5, 0.6) is 0 Å². The summed E-state index contributed by atoms with van der Waals surface area (Å²) in [6.07, 6.45) is 1.56. The Hall–Kier alpha value is -0.680. The largest absolute Gasteiger partial charge is 0.463 e. The average Bonchev–Trinajstić information content (AvgIpc) is 2.38. The number of rotatable bonds is 5. The van der Waals surface area contributed by atoms with Gasteiger partial charge in [0.1, 0.15) is 0 Å². The summed E-state index contributed by atoms with van der Waals surface area (Å²) in [5.74, 6) is -0.0972. The molecule has 0 unspecified atom stereocenters. The Balaban J connectivity index is 0.